The number of nitrogens with zero attached hydrogens (tertiary/aromatic N) is 2. The van der Waals surface area contributed by atoms with Crippen LogP contribution in [0.25, 0.3) is 6.08 Å². The average Bonchev–Trinajstić information content (AvgIpc) is 3.25. The number of halogens is 2. The van der Waals surface area contributed by atoms with E-state index in [0.29, 0.717) is 9.21 Å². The fourth-order valence-electron chi connectivity index (χ4n) is 3.14. The Morgan fingerprint density at radius 2 is 2.07 bits per heavy atom. The van der Waals surface area contributed by atoms with Gasteiger partial charge in [-0.3, -0.25) is 4.79 Å². The van der Waals surface area contributed by atoms with Crippen molar-refractivity contribution in [3.63, 3.8) is 0 Å². The van der Waals surface area contributed by atoms with Gasteiger partial charge in [0.05, 0.1) is 10.0 Å². The third kappa shape index (κ3) is 5.28. The monoisotopic (exact) mass is 471 g/mol. The van der Waals surface area contributed by atoms with E-state index in [0.717, 1.165) is 11.0 Å². The number of rotatable bonds is 7. The van der Waals surface area contributed by atoms with Gasteiger partial charge in [-0.2, -0.15) is 4.72 Å². The van der Waals surface area contributed by atoms with Crippen LogP contribution >= 0.6 is 22.9 Å². The molecule has 1 amide bonds. The molecule has 0 aliphatic carbocycles. The van der Waals surface area contributed by atoms with Gasteiger partial charge in [-0.1, -0.05) is 17.7 Å². The summed E-state index contributed by atoms with van der Waals surface area (Å²) in [5, 5.41) is 1.00. The van der Waals surface area contributed by atoms with E-state index in [-0.39, 0.29) is 24.7 Å². The maximum Gasteiger partial charge on any atom is 0.245 e. The van der Waals surface area contributed by atoms with Crippen molar-refractivity contribution >= 4 is 50.6 Å². The lowest BCUT2D eigenvalue weighted by molar-refractivity contribution is -0.118. The lowest BCUT2D eigenvalue weighted by Gasteiger charge is -2.22. The Bertz CT molecular complexity index is 1070. The zero-order valence-electron chi connectivity index (χ0n) is 16.8. The molecule has 1 aliphatic heterocycles. The molecule has 1 aromatic carbocycles. The number of thiophene rings is 1. The van der Waals surface area contributed by atoms with Crippen molar-refractivity contribution in [1.29, 1.82) is 0 Å². The van der Waals surface area contributed by atoms with Gasteiger partial charge in [0.15, 0.2) is 0 Å². The first-order chi connectivity index (χ1) is 14.1. The van der Waals surface area contributed by atoms with E-state index in [9.17, 15) is 17.6 Å². The molecule has 30 heavy (non-hydrogen) atoms. The van der Waals surface area contributed by atoms with Gasteiger partial charge in [-0.05, 0) is 63.3 Å². The highest BCUT2D eigenvalue weighted by Gasteiger charge is 2.36. The van der Waals surface area contributed by atoms with Crippen molar-refractivity contribution in [2.45, 2.75) is 25.4 Å². The Hall–Kier alpha value is -1.78. The summed E-state index contributed by atoms with van der Waals surface area (Å²) in [6.45, 7) is 2.19. The van der Waals surface area contributed by atoms with Crippen molar-refractivity contribution in [1.82, 2.24) is 9.62 Å². The van der Waals surface area contributed by atoms with Crippen LogP contribution in [0.2, 0.25) is 4.34 Å². The highest BCUT2D eigenvalue weighted by atomic mass is 35.5. The topological polar surface area (TPSA) is 69.7 Å². The fraction of sp³-hybridized carbons (Fsp3) is 0.350. The number of nitrogens with one attached hydrogen (secondary N) is 1. The largest absolute Gasteiger partial charge is 0.308 e. The number of hydrogen-bond acceptors (Lipinski definition) is 5. The number of carbonyl (C=O) groups is 1. The van der Waals surface area contributed by atoms with Gasteiger partial charge in [0.25, 0.3) is 0 Å². The van der Waals surface area contributed by atoms with Gasteiger partial charge in [0.2, 0.25) is 15.9 Å². The van der Waals surface area contributed by atoms with Crippen molar-refractivity contribution in [3.8, 4) is 0 Å². The highest BCUT2D eigenvalue weighted by molar-refractivity contribution is 7.92. The van der Waals surface area contributed by atoms with Gasteiger partial charge in [0, 0.05) is 22.9 Å². The molecular formula is C20H23ClFN3O3S2. The van der Waals surface area contributed by atoms with Crippen LogP contribution < -0.4 is 9.62 Å². The Morgan fingerprint density at radius 1 is 1.33 bits per heavy atom. The SMILES string of the molecule is C[C@H](c1ccc(N2CC[C@H](NS(=O)(=O)/C=C/c3ccc(Cl)s3)C2=O)c(F)c1)N(C)C. The van der Waals surface area contributed by atoms with Crippen LogP contribution in [0.15, 0.2) is 35.7 Å². The zero-order valence-corrected chi connectivity index (χ0v) is 19.2. The second-order valence-corrected chi connectivity index (χ2v) is 10.6. The van der Waals surface area contributed by atoms with Gasteiger partial charge in [0.1, 0.15) is 11.9 Å². The number of benzene rings is 1. The summed E-state index contributed by atoms with van der Waals surface area (Å²) in [4.78, 5) is 16.6. The molecule has 162 valence electrons. The smallest absolute Gasteiger partial charge is 0.245 e. The van der Waals surface area contributed by atoms with Crippen molar-refractivity contribution in [2.75, 3.05) is 25.5 Å². The van der Waals surface area contributed by atoms with Crippen LogP contribution in [-0.2, 0) is 14.8 Å². The molecule has 1 aromatic heterocycles. The molecule has 1 N–H and O–H groups in total. The zero-order chi connectivity index (χ0) is 22.1. The molecule has 0 unspecified atom stereocenters. The molecule has 10 heteroatoms. The molecule has 2 heterocycles. The van der Waals surface area contributed by atoms with Crippen LogP contribution in [0.4, 0.5) is 10.1 Å². The van der Waals surface area contributed by atoms with Gasteiger partial charge >= 0.3 is 0 Å². The van der Waals surface area contributed by atoms with E-state index in [1.54, 1.807) is 24.3 Å². The van der Waals surface area contributed by atoms with E-state index < -0.39 is 27.8 Å². The first-order valence-electron chi connectivity index (χ1n) is 9.30. The van der Waals surface area contributed by atoms with Gasteiger partial charge < -0.3 is 9.80 Å². The van der Waals surface area contributed by atoms with Crippen molar-refractivity contribution in [2.24, 2.45) is 0 Å². The van der Waals surface area contributed by atoms with Crippen LogP contribution in [0, 0.1) is 5.82 Å². The minimum absolute atomic E-state index is 0.0207. The molecule has 1 fully saturated rings. The first-order valence-corrected chi connectivity index (χ1v) is 12.0. The summed E-state index contributed by atoms with van der Waals surface area (Å²) in [6, 6.07) is 7.22. The lowest BCUT2D eigenvalue weighted by atomic mass is 10.1. The summed E-state index contributed by atoms with van der Waals surface area (Å²) < 4.78 is 42.3. The number of anilines is 1. The lowest BCUT2D eigenvalue weighted by Crippen LogP contribution is -2.40. The normalized spacial score (nSPS) is 18.7. The van der Waals surface area contributed by atoms with E-state index in [4.69, 9.17) is 11.6 Å². The van der Waals surface area contributed by atoms with Crippen molar-refractivity contribution < 1.29 is 17.6 Å². The molecule has 2 aromatic rings. The highest BCUT2D eigenvalue weighted by Crippen LogP contribution is 2.29. The third-order valence-electron chi connectivity index (χ3n) is 5.04. The summed E-state index contributed by atoms with van der Waals surface area (Å²) in [5.74, 6) is -0.981. The fourth-order valence-corrected chi connectivity index (χ4v) is 5.21. The van der Waals surface area contributed by atoms with E-state index in [1.165, 1.54) is 28.4 Å². The maximum absolute atomic E-state index is 14.7. The molecule has 1 saturated heterocycles. The van der Waals surface area contributed by atoms with Crippen molar-refractivity contribution in [3.05, 3.63) is 56.3 Å². The number of carbonyl (C=O) groups excluding carboxylic acids is 1. The summed E-state index contributed by atoms with van der Waals surface area (Å²) >= 11 is 7.08. The minimum Gasteiger partial charge on any atom is -0.308 e. The molecule has 2 atom stereocenters. The maximum atomic E-state index is 14.7. The Labute approximate surface area is 185 Å². The second-order valence-electron chi connectivity index (χ2n) is 7.29. The molecule has 0 spiro atoms. The molecule has 6 nitrogen and oxygen atoms in total. The molecular weight excluding hydrogens is 449 g/mol. The van der Waals surface area contributed by atoms with Gasteiger partial charge in [-0.25, -0.2) is 12.8 Å². The summed E-state index contributed by atoms with van der Waals surface area (Å²) in [7, 11) is -0.0409. The van der Waals surface area contributed by atoms with Crippen LogP contribution in [-0.4, -0.2) is 45.9 Å². The predicted molar refractivity (Wildman–Crippen MR) is 120 cm³/mol. The van der Waals surface area contributed by atoms with Gasteiger partial charge in [-0.15, -0.1) is 11.3 Å². The second kappa shape index (κ2) is 9.15. The standard InChI is InChI=1S/C20H23ClFN3O3S2/c1-13(24(2)3)14-4-6-18(16(22)12-14)25-10-8-17(20(25)26)23-30(27,28)11-9-15-5-7-19(21)29-15/h4-7,9,11-13,17,23H,8,10H2,1-3H3/b11-9+/t13-,17+/m1/s1. The Balaban J connectivity index is 1.70. The quantitative estimate of drug-likeness (QED) is 0.665. The predicted octanol–water partition coefficient (Wildman–Crippen LogP) is 3.86. The summed E-state index contributed by atoms with van der Waals surface area (Å²) in [5.41, 5.74) is 0.948. The summed E-state index contributed by atoms with van der Waals surface area (Å²) in [6.07, 6.45) is 1.67. The molecule has 0 radical (unpaired) electrons. The molecule has 3 rings (SSSR count). The van der Waals surface area contributed by atoms with E-state index in [1.807, 2.05) is 25.9 Å². The Kier molecular flexibility index (Phi) is 6.98. The molecule has 0 saturated carbocycles. The number of sulfonamides is 1. The molecule has 1 aliphatic rings. The van der Waals surface area contributed by atoms with E-state index in [2.05, 4.69) is 4.72 Å². The first kappa shape index (κ1) is 22.9. The van der Waals surface area contributed by atoms with Crippen LogP contribution in [0.1, 0.15) is 29.8 Å². The minimum atomic E-state index is -3.84. The van der Waals surface area contributed by atoms with Crippen LogP contribution in [0.3, 0.4) is 0 Å². The third-order valence-corrected chi connectivity index (χ3v) is 7.34. The molecule has 0 bridgehead atoms. The van der Waals surface area contributed by atoms with E-state index >= 15 is 0 Å². The average molecular weight is 472 g/mol. The Morgan fingerprint density at radius 3 is 2.67 bits per heavy atom. The number of hydrogen-bond donors (Lipinski definition) is 1. The number of amides is 1. The van der Waals surface area contributed by atoms with Crippen LogP contribution in [0.5, 0.6) is 0 Å².